The van der Waals surface area contributed by atoms with Gasteiger partial charge in [-0.15, -0.1) is 12.4 Å². The van der Waals surface area contributed by atoms with Crippen LogP contribution in [-0.4, -0.2) is 29.9 Å². The maximum atomic E-state index is 10.0. The van der Waals surface area contributed by atoms with Gasteiger partial charge in [0.25, 0.3) is 0 Å². The van der Waals surface area contributed by atoms with Crippen LogP contribution in [0.5, 0.6) is 0 Å². The van der Waals surface area contributed by atoms with Gasteiger partial charge in [-0.1, -0.05) is 0 Å². The van der Waals surface area contributed by atoms with Crippen molar-refractivity contribution in [2.24, 2.45) is 0 Å². The van der Waals surface area contributed by atoms with Crippen molar-refractivity contribution in [3.63, 3.8) is 0 Å². The standard InChI is InChI=1S/C5H8O2.C4H8O2.C3H6O.ClH.Na.H/c1-4(6)3-5(2)7;1-3-6-4(2)5;1-3(2)4;;;/h3H2,1-2H3;3H2,1-2H3;1-2H3;1H;;/q;;;;+1;-1. The Hall–Kier alpha value is -0.230. The quantitative estimate of drug-likeness (QED) is 0.390. The Kier molecular flexibility index (Phi) is 37.7. The summed E-state index contributed by atoms with van der Waals surface area (Å²) in [7, 11) is 0. The zero-order valence-corrected chi connectivity index (χ0v) is 15.7. The van der Waals surface area contributed by atoms with Gasteiger partial charge >= 0.3 is 35.5 Å². The van der Waals surface area contributed by atoms with Gasteiger partial charge in [0.05, 0.1) is 13.0 Å². The molecule has 0 aromatic rings. The summed E-state index contributed by atoms with van der Waals surface area (Å²) in [5.41, 5.74) is 0. The third-order valence-electron chi connectivity index (χ3n) is 0.845. The number of carbonyl (C=O) groups excluding carboxylic acids is 4. The van der Waals surface area contributed by atoms with Crippen LogP contribution in [0.1, 0.15) is 49.4 Å². The molecule has 0 amide bonds. The summed E-state index contributed by atoms with van der Waals surface area (Å²) in [6.45, 7) is 9.52. The molecular weight excluding hydrogens is 283 g/mol. The Bertz CT molecular complexity index is 257. The third kappa shape index (κ3) is 96.4. The van der Waals surface area contributed by atoms with Gasteiger partial charge in [0.1, 0.15) is 17.3 Å². The van der Waals surface area contributed by atoms with Crippen LogP contribution in [-0.2, 0) is 23.9 Å². The van der Waals surface area contributed by atoms with Gasteiger partial charge < -0.3 is 11.0 Å². The minimum Gasteiger partial charge on any atom is -1.00 e. The topological polar surface area (TPSA) is 77.5 Å². The first-order chi connectivity index (χ1) is 7.63. The molecule has 0 saturated heterocycles. The summed E-state index contributed by atoms with van der Waals surface area (Å²) in [5, 5.41) is 0. The minimum atomic E-state index is -0.211. The van der Waals surface area contributed by atoms with Crippen molar-refractivity contribution in [2.75, 3.05) is 6.61 Å². The van der Waals surface area contributed by atoms with Gasteiger partial charge in [-0.3, -0.25) is 14.4 Å². The number of esters is 1. The zero-order chi connectivity index (χ0) is 14.4. The number of ketones is 3. The van der Waals surface area contributed by atoms with E-state index in [2.05, 4.69) is 4.74 Å². The van der Waals surface area contributed by atoms with Crippen LogP contribution < -0.4 is 29.6 Å². The number of Topliss-reactive ketones (excluding diaryl/α,β-unsaturated/α-hetero) is 3. The molecule has 0 aliphatic heterocycles. The van der Waals surface area contributed by atoms with E-state index >= 15 is 0 Å². The summed E-state index contributed by atoms with van der Waals surface area (Å²) < 4.78 is 4.40. The maximum absolute atomic E-state index is 10.0. The molecule has 0 bridgehead atoms. The van der Waals surface area contributed by atoms with Crippen LogP contribution in [0.4, 0.5) is 0 Å². The van der Waals surface area contributed by atoms with E-state index in [1.54, 1.807) is 6.92 Å². The Balaban J connectivity index is -0.0000000352. The summed E-state index contributed by atoms with van der Waals surface area (Å²) in [6, 6.07) is 0. The van der Waals surface area contributed by atoms with Crippen LogP contribution in [0.15, 0.2) is 0 Å². The molecule has 110 valence electrons. The van der Waals surface area contributed by atoms with Crippen molar-refractivity contribution in [1.82, 2.24) is 0 Å². The Morgan fingerprint density at radius 3 is 1.16 bits per heavy atom. The molecule has 0 aliphatic carbocycles. The van der Waals surface area contributed by atoms with E-state index in [4.69, 9.17) is 0 Å². The van der Waals surface area contributed by atoms with E-state index in [1.807, 2.05) is 0 Å². The number of hydrogen-bond acceptors (Lipinski definition) is 5. The molecule has 0 spiro atoms. The molecule has 0 rings (SSSR count). The van der Waals surface area contributed by atoms with E-state index < -0.39 is 0 Å². The largest absolute Gasteiger partial charge is 1.00 e. The van der Waals surface area contributed by atoms with Gasteiger partial charge in [-0.05, 0) is 34.6 Å². The molecule has 0 radical (unpaired) electrons. The first-order valence-corrected chi connectivity index (χ1v) is 5.22. The molecule has 0 saturated carbocycles. The van der Waals surface area contributed by atoms with Crippen molar-refractivity contribution < 1.29 is 54.9 Å². The fraction of sp³-hybridized carbons (Fsp3) is 0.667. The molecule has 0 N–H and O–H groups in total. The second-order valence-corrected chi connectivity index (χ2v) is 3.41. The fourth-order valence-corrected chi connectivity index (χ4v) is 0.554. The predicted molar refractivity (Wildman–Crippen MR) is 73.0 cm³/mol. The number of halogens is 1. The molecule has 0 fully saturated rings. The van der Waals surface area contributed by atoms with E-state index in [0.717, 1.165) is 0 Å². The summed E-state index contributed by atoms with van der Waals surface area (Å²) >= 11 is 0. The average Bonchev–Trinajstić information content (AvgIpc) is 1.99. The molecule has 0 aromatic heterocycles. The number of hydrogen-bond donors (Lipinski definition) is 0. The third-order valence-corrected chi connectivity index (χ3v) is 0.845. The number of carbonyl (C=O) groups is 4. The van der Waals surface area contributed by atoms with Gasteiger partial charge in [0.2, 0.25) is 0 Å². The normalized spacial score (nSPS) is 6.84. The van der Waals surface area contributed by atoms with E-state index in [1.165, 1.54) is 34.6 Å². The van der Waals surface area contributed by atoms with Crippen molar-refractivity contribution in [1.29, 1.82) is 0 Å². The maximum Gasteiger partial charge on any atom is 1.00 e. The van der Waals surface area contributed by atoms with Crippen LogP contribution in [0, 0.1) is 0 Å². The summed E-state index contributed by atoms with van der Waals surface area (Å²) in [5.74, 6) is -0.169. The Labute approximate surface area is 145 Å². The average molecular weight is 307 g/mol. The molecule has 0 unspecified atom stereocenters. The molecule has 0 aliphatic rings. The van der Waals surface area contributed by atoms with Crippen molar-refractivity contribution in [2.45, 2.75) is 48.0 Å². The van der Waals surface area contributed by atoms with Crippen molar-refractivity contribution in [3.8, 4) is 0 Å². The van der Waals surface area contributed by atoms with Gasteiger partial charge in [-0.2, -0.15) is 0 Å². The first-order valence-electron chi connectivity index (χ1n) is 5.22. The van der Waals surface area contributed by atoms with Crippen LogP contribution >= 0.6 is 12.4 Å². The molecule has 5 nitrogen and oxygen atoms in total. The first kappa shape index (κ1) is 31.3. The van der Waals surface area contributed by atoms with Gasteiger partial charge in [0.15, 0.2) is 0 Å². The monoisotopic (exact) mass is 306 g/mol. The van der Waals surface area contributed by atoms with E-state index in [0.29, 0.717) is 6.61 Å². The minimum absolute atomic E-state index is 0. The molecule has 0 heterocycles. The molecule has 7 heteroatoms. The Morgan fingerprint density at radius 1 is 0.895 bits per heavy atom. The SMILES string of the molecule is CC(=O)CC(C)=O.CC(C)=O.CCOC(C)=O.Cl.[H-].[Na+]. The zero-order valence-electron chi connectivity index (χ0n) is 13.9. The smallest absolute Gasteiger partial charge is 1.00 e. The summed E-state index contributed by atoms with van der Waals surface area (Å²) in [6.07, 6.45) is 0.0833. The predicted octanol–water partition coefficient (Wildman–Crippen LogP) is -0.742. The number of rotatable bonds is 3. The van der Waals surface area contributed by atoms with Gasteiger partial charge in [-0.25, -0.2) is 0 Å². The van der Waals surface area contributed by atoms with Crippen molar-refractivity contribution >= 4 is 35.7 Å². The fourth-order valence-electron chi connectivity index (χ4n) is 0.554. The Morgan fingerprint density at radius 2 is 1.16 bits per heavy atom. The van der Waals surface area contributed by atoms with Gasteiger partial charge in [0, 0.05) is 6.92 Å². The van der Waals surface area contributed by atoms with E-state index in [-0.39, 0.29) is 73.1 Å². The second kappa shape index (κ2) is 22.9. The molecular formula is C12H24ClNaO5. The molecule has 0 aromatic carbocycles. The molecule has 19 heavy (non-hydrogen) atoms. The second-order valence-electron chi connectivity index (χ2n) is 3.41. The van der Waals surface area contributed by atoms with E-state index in [9.17, 15) is 19.2 Å². The number of ether oxygens (including phenoxy) is 1. The van der Waals surface area contributed by atoms with Crippen LogP contribution in [0.25, 0.3) is 0 Å². The van der Waals surface area contributed by atoms with Crippen LogP contribution in [0.2, 0.25) is 0 Å². The van der Waals surface area contributed by atoms with Crippen LogP contribution in [0.3, 0.4) is 0 Å². The summed E-state index contributed by atoms with van der Waals surface area (Å²) in [4.78, 5) is 39.3. The molecule has 0 atom stereocenters. The van der Waals surface area contributed by atoms with Crippen molar-refractivity contribution in [3.05, 3.63) is 0 Å².